The summed E-state index contributed by atoms with van der Waals surface area (Å²) in [5.74, 6) is -10.4. The quantitative estimate of drug-likeness (QED) is 0.0132. The summed E-state index contributed by atoms with van der Waals surface area (Å²) in [4.78, 5) is 167. The number of hydrogen-bond donors (Lipinski definition) is 19. The van der Waals surface area contributed by atoms with Crippen molar-refractivity contribution in [3.63, 3.8) is 0 Å². The molecular weight excluding hydrogens is 1290 g/mol. The van der Waals surface area contributed by atoms with Crippen LogP contribution in [0.1, 0.15) is 122 Å². The Kier molecular flexibility index (Phi) is 38.2. The van der Waals surface area contributed by atoms with Crippen molar-refractivity contribution in [1.29, 1.82) is 0 Å². The lowest BCUT2D eigenvalue weighted by Gasteiger charge is -2.32. The third-order valence-corrected chi connectivity index (χ3v) is 16.3. The maximum atomic E-state index is 14.8. The monoisotopic (exact) mass is 1400 g/mol. The number of benzene rings is 2. The fourth-order valence-corrected chi connectivity index (χ4v) is 10.8. The minimum absolute atomic E-state index is 0.00143. The normalized spacial score (nSPS) is 15.2. The van der Waals surface area contributed by atoms with E-state index in [4.69, 9.17) is 40.1 Å². The predicted octanol–water partition coefficient (Wildman–Crippen LogP) is -3.59. The van der Waals surface area contributed by atoms with Gasteiger partial charge in [0.25, 0.3) is 0 Å². The van der Waals surface area contributed by atoms with Gasteiger partial charge in [0.15, 0.2) is 17.9 Å². The van der Waals surface area contributed by atoms with Crippen LogP contribution in [0.2, 0.25) is 0 Å². The van der Waals surface area contributed by atoms with Crippen LogP contribution in [0.25, 0.3) is 0 Å². The van der Waals surface area contributed by atoms with Crippen molar-refractivity contribution in [3.05, 3.63) is 78.4 Å². The smallest absolute Gasteiger partial charge is 0.326 e. The van der Waals surface area contributed by atoms with E-state index in [1.54, 1.807) is 76.2 Å². The van der Waals surface area contributed by atoms with Crippen LogP contribution >= 0.6 is 0 Å². The van der Waals surface area contributed by atoms with Gasteiger partial charge in [0.1, 0.15) is 54.1 Å². The number of aromatic hydroxyl groups is 1. The van der Waals surface area contributed by atoms with E-state index in [1.165, 1.54) is 17.0 Å². The molecule has 1 heterocycles. The van der Waals surface area contributed by atoms with E-state index in [0.717, 1.165) is 5.56 Å². The lowest BCUT2D eigenvalue weighted by molar-refractivity contribution is -0.145. The van der Waals surface area contributed by atoms with Gasteiger partial charge in [-0.3, -0.25) is 62.9 Å². The number of hydrogen-bond acceptors (Lipinski definition) is 17. The number of phenols is 1. The van der Waals surface area contributed by atoms with Crippen molar-refractivity contribution in [2.45, 2.75) is 178 Å². The molecule has 2 aromatic carbocycles. The molecule has 1 fully saturated rings. The summed E-state index contributed by atoms with van der Waals surface area (Å²) in [5, 5.41) is 46.6. The van der Waals surface area contributed by atoms with E-state index >= 15 is 0 Å². The molecule has 2 aromatic rings. The average Bonchev–Trinajstić information content (AvgIpc) is 1.63. The third-order valence-electron chi connectivity index (χ3n) is 16.3. The van der Waals surface area contributed by atoms with Crippen LogP contribution < -0.4 is 93.3 Å². The molecule has 3 rings (SSSR count). The minimum Gasteiger partial charge on any atom is -0.508 e. The number of phenolic OH excluding ortho intramolecular Hbond substituents is 1. The first-order valence-electron chi connectivity index (χ1n) is 33.8. The summed E-state index contributed by atoms with van der Waals surface area (Å²) in [6, 6.07) is 3.58. The molecular formula is C66H107N21O13. The number of aliphatic carboxylic acids is 1. The molecule has 0 aromatic heterocycles. The Bertz CT molecular complexity index is 3090. The summed E-state index contributed by atoms with van der Waals surface area (Å²) in [6.07, 6.45) is 3.77. The highest BCUT2D eigenvalue weighted by Crippen LogP contribution is 2.22. The van der Waals surface area contributed by atoms with E-state index in [1.807, 2.05) is 0 Å². The van der Waals surface area contributed by atoms with Gasteiger partial charge < -0.3 is 108 Å². The number of carboxylic acid groups (broad SMARTS) is 1. The molecule has 554 valence electrons. The molecule has 0 aliphatic carbocycles. The van der Waals surface area contributed by atoms with Crippen LogP contribution in [0.5, 0.6) is 5.75 Å². The standard InChI is InChI=1S/C66H107N21O13/c1-6-29-74-48(35-42-24-26-43(88)27-25-42)55(91)79-37-52(89)78-38-53(90)80-50(36-41-17-9-8-10-18-41)59(95)85-49(34-39(3)4)58(94)82-44(20-13-30-75-64(68)69)56(92)81-45(21-14-31-76-65(70)71)57(93)86-54(40(5)7-2)61(97)83-46(22-15-32-77-66(72)73)62(98)87-33-16-23-51(87)60(96)84-47(63(99)100)19-11-12-28-67/h6,8-10,17-18,24-27,39-40,44-51,54,74,88H,1,7,11-16,19-23,28-38,67H2,2-5H3,(H,78,89)(H,79,91)(H,80,90)(H,81,92)(H,82,94)(H,83,97)(H,84,96)(H,85,95)(H,86,93)(H,99,100)(H4,68,69,75)(H4,70,71,76)(H4,72,73,77)/t40-,44-,45-,46-,47-,48-,49-,50-,51-,54-/m0/s1. The van der Waals surface area contributed by atoms with Gasteiger partial charge in [0.2, 0.25) is 59.1 Å². The fourth-order valence-electron chi connectivity index (χ4n) is 10.8. The molecule has 1 aliphatic rings. The maximum absolute atomic E-state index is 14.8. The number of nitrogens with one attached hydrogen (secondary N) is 10. The second kappa shape index (κ2) is 45.5. The van der Waals surface area contributed by atoms with Gasteiger partial charge in [-0.25, -0.2) is 4.79 Å². The van der Waals surface area contributed by atoms with Crippen molar-refractivity contribution >= 4 is 82.9 Å². The zero-order chi connectivity index (χ0) is 74.3. The molecule has 10 atom stereocenters. The Morgan fingerprint density at radius 2 is 1.07 bits per heavy atom. The molecule has 34 heteroatoms. The first-order valence-corrected chi connectivity index (χ1v) is 33.8. The van der Waals surface area contributed by atoms with Crippen LogP contribution in [0, 0.1) is 11.8 Å². The third kappa shape index (κ3) is 32.0. The predicted molar refractivity (Wildman–Crippen MR) is 377 cm³/mol. The van der Waals surface area contributed by atoms with Crippen LogP contribution in [-0.4, -0.2) is 205 Å². The van der Waals surface area contributed by atoms with E-state index in [-0.39, 0.29) is 133 Å². The Balaban J connectivity index is 1.93. The number of likely N-dealkylation sites (tertiary alicyclic amines) is 1. The number of guanidine groups is 3. The summed E-state index contributed by atoms with van der Waals surface area (Å²) >= 11 is 0. The molecule has 0 saturated carbocycles. The second-order valence-electron chi connectivity index (χ2n) is 24.9. The van der Waals surface area contributed by atoms with Crippen LogP contribution in [0.15, 0.2) is 82.2 Å². The number of aliphatic imine (C=N–C) groups is 3. The summed E-state index contributed by atoms with van der Waals surface area (Å²) in [7, 11) is 0. The summed E-state index contributed by atoms with van der Waals surface area (Å²) in [5.41, 5.74) is 40.6. The Labute approximate surface area is 583 Å². The molecule has 0 bridgehead atoms. The molecule has 100 heavy (non-hydrogen) atoms. The van der Waals surface area contributed by atoms with E-state index in [0.29, 0.717) is 37.8 Å². The number of rotatable bonds is 47. The summed E-state index contributed by atoms with van der Waals surface area (Å²) in [6.45, 7) is 10.3. The topological polar surface area (TPSA) is 571 Å². The Morgan fingerprint density at radius 3 is 1.61 bits per heavy atom. The number of nitrogens with two attached hydrogens (primary N) is 7. The molecule has 1 saturated heterocycles. The van der Waals surface area contributed by atoms with Crippen molar-refractivity contribution in [2.75, 3.05) is 52.4 Å². The summed E-state index contributed by atoms with van der Waals surface area (Å²) < 4.78 is 0. The van der Waals surface area contributed by atoms with Gasteiger partial charge in [-0.05, 0) is 125 Å². The van der Waals surface area contributed by atoms with Gasteiger partial charge in [-0.15, -0.1) is 6.58 Å². The molecule has 1 aliphatic heterocycles. The maximum Gasteiger partial charge on any atom is 0.326 e. The van der Waals surface area contributed by atoms with Crippen LogP contribution in [-0.2, 0) is 65.6 Å². The zero-order valence-electron chi connectivity index (χ0n) is 57.8. The SMILES string of the molecule is C=CCN[C@@H](Cc1ccc(O)cc1)C(=O)NCC(=O)NCC(=O)N[C@@H](Cc1ccccc1)C(=O)N[C@@H](CC(C)C)C(=O)N[C@@H](CCCN=C(N)N)C(=O)N[C@@H](CCCN=C(N)N)C(=O)N[C@H](C(=O)N[C@@H](CCCN=C(N)N)C(=O)N1CCC[C@H]1C(=O)N[C@@H](CCCCN)C(=O)O)[C@@H](C)CC. The molecule has 10 amide bonds. The van der Waals surface area contributed by atoms with Crippen molar-refractivity contribution in [2.24, 2.45) is 66.9 Å². The van der Waals surface area contributed by atoms with Gasteiger partial charge in [0.05, 0.1) is 19.1 Å². The number of nitrogens with zero attached hydrogens (tertiary/aromatic N) is 4. The fraction of sp³-hybridized carbons (Fsp3) is 0.576. The van der Waals surface area contributed by atoms with E-state index in [2.05, 4.69) is 74.7 Å². The van der Waals surface area contributed by atoms with Gasteiger partial charge >= 0.3 is 5.97 Å². The van der Waals surface area contributed by atoms with Crippen molar-refractivity contribution in [3.8, 4) is 5.75 Å². The minimum atomic E-state index is -1.44. The average molecular weight is 1400 g/mol. The second-order valence-corrected chi connectivity index (χ2v) is 24.9. The lowest BCUT2D eigenvalue weighted by atomic mass is 9.96. The lowest BCUT2D eigenvalue weighted by Crippen LogP contribution is -2.61. The highest BCUT2D eigenvalue weighted by atomic mass is 16.4. The number of carbonyl (C=O) groups is 11. The van der Waals surface area contributed by atoms with Crippen LogP contribution in [0.3, 0.4) is 0 Å². The highest BCUT2D eigenvalue weighted by Gasteiger charge is 2.41. The van der Waals surface area contributed by atoms with E-state index in [9.17, 15) is 63.0 Å². The van der Waals surface area contributed by atoms with Crippen molar-refractivity contribution in [1.82, 2.24) is 58.1 Å². The Hall–Kier alpha value is -10.1. The number of amides is 10. The molecule has 0 unspecified atom stereocenters. The largest absolute Gasteiger partial charge is 0.508 e. The number of carbonyl (C=O) groups excluding carboxylic acids is 10. The Morgan fingerprint density at radius 1 is 0.570 bits per heavy atom. The molecule has 0 radical (unpaired) electrons. The highest BCUT2D eigenvalue weighted by molar-refractivity contribution is 5.99. The first-order chi connectivity index (χ1) is 47.6. The van der Waals surface area contributed by atoms with Gasteiger partial charge in [-0.1, -0.05) is 82.7 Å². The molecule has 34 nitrogen and oxygen atoms in total. The van der Waals surface area contributed by atoms with Crippen LogP contribution in [0.4, 0.5) is 0 Å². The number of unbranched alkanes of at least 4 members (excludes halogenated alkanes) is 1. The zero-order valence-corrected chi connectivity index (χ0v) is 57.8. The van der Waals surface area contributed by atoms with Crippen molar-refractivity contribution < 1.29 is 63.0 Å². The van der Waals surface area contributed by atoms with Gasteiger partial charge in [0, 0.05) is 39.1 Å². The first kappa shape index (κ1) is 84.1. The molecule has 26 N–H and O–H groups in total. The molecule has 0 spiro atoms. The van der Waals surface area contributed by atoms with Gasteiger partial charge in [-0.2, -0.15) is 0 Å². The van der Waals surface area contributed by atoms with E-state index < -0.39 is 138 Å². The number of carboxylic acids is 1.